The van der Waals surface area contributed by atoms with Crippen LogP contribution in [0.1, 0.15) is 17.7 Å². The maximum absolute atomic E-state index is 12.6. The zero-order valence-electron chi connectivity index (χ0n) is 9.50. The first-order valence-electron chi connectivity index (χ1n) is 5.56. The van der Waals surface area contributed by atoms with Gasteiger partial charge in [0.15, 0.2) is 5.60 Å². The van der Waals surface area contributed by atoms with Gasteiger partial charge in [0.25, 0.3) is 0 Å². The van der Waals surface area contributed by atoms with Crippen LogP contribution in [0.3, 0.4) is 0 Å². The molecule has 1 saturated heterocycles. The van der Waals surface area contributed by atoms with E-state index in [0.29, 0.717) is 6.54 Å². The third-order valence-corrected chi connectivity index (χ3v) is 4.83. The molecular weight excluding hydrogens is 331 g/mol. The normalized spacial score (nSPS) is 21.2. The van der Waals surface area contributed by atoms with E-state index < -0.39 is 11.8 Å². The van der Waals surface area contributed by atoms with Crippen molar-refractivity contribution >= 4 is 27.3 Å². The molecule has 1 aliphatic heterocycles. The van der Waals surface area contributed by atoms with Crippen LogP contribution in [0.15, 0.2) is 15.9 Å². The number of hydrogen-bond acceptors (Lipinski definition) is 3. The third kappa shape index (κ3) is 3.07. The van der Waals surface area contributed by atoms with E-state index in [1.54, 1.807) is 11.3 Å². The van der Waals surface area contributed by atoms with E-state index in [1.807, 2.05) is 17.0 Å². The Morgan fingerprint density at radius 2 is 1.94 bits per heavy atom. The van der Waals surface area contributed by atoms with Gasteiger partial charge in [-0.2, -0.15) is 13.2 Å². The van der Waals surface area contributed by atoms with Gasteiger partial charge in [0.2, 0.25) is 0 Å². The van der Waals surface area contributed by atoms with Crippen LogP contribution in [0, 0.1) is 0 Å². The van der Waals surface area contributed by atoms with Crippen molar-refractivity contribution in [2.75, 3.05) is 13.1 Å². The van der Waals surface area contributed by atoms with Crippen LogP contribution in [-0.4, -0.2) is 34.9 Å². The Kier molecular flexibility index (Phi) is 4.06. The van der Waals surface area contributed by atoms with Crippen LogP contribution in [-0.2, 0) is 6.54 Å². The maximum Gasteiger partial charge on any atom is 0.417 e. The molecule has 0 unspecified atom stereocenters. The SMILES string of the molecule is OC1(C(F)(F)F)CCN(Cc2ccc(Br)s2)CC1. The summed E-state index contributed by atoms with van der Waals surface area (Å²) in [6.45, 7) is 1.18. The lowest BCUT2D eigenvalue weighted by Crippen LogP contribution is -2.53. The Labute approximate surface area is 116 Å². The molecule has 0 radical (unpaired) electrons. The first kappa shape index (κ1) is 14.3. The molecule has 18 heavy (non-hydrogen) atoms. The first-order valence-corrected chi connectivity index (χ1v) is 7.17. The lowest BCUT2D eigenvalue weighted by molar-refractivity contribution is -0.272. The van der Waals surface area contributed by atoms with Crippen molar-refractivity contribution < 1.29 is 18.3 Å². The maximum atomic E-state index is 12.6. The van der Waals surface area contributed by atoms with Crippen LogP contribution in [0.2, 0.25) is 0 Å². The number of hydrogen-bond donors (Lipinski definition) is 1. The molecule has 1 aromatic heterocycles. The van der Waals surface area contributed by atoms with Gasteiger partial charge in [-0.3, -0.25) is 4.90 Å². The second kappa shape index (κ2) is 5.11. The van der Waals surface area contributed by atoms with Crippen molar-refractivity contribution in [1.82, 2.24) is 4.90 Å². The summed E-state index contributed by atoms with van der Waals surface area (Å²) in [6.07, 6.45) is -5.02. The lowest BCUT2D eigenvalue weighted by Gasteiger charge is -2.38. The summed E-state index contributed by atoms with van der Waals surface area (Å²) < 4.78 is 38.8. The van der Waals surface area contributed by atoms with E-state index in [-0.39, 0.29) is 25.9 Å². The van der Waals surface area contributed by atoms with Gasteiger partial charge < -0.3 is 5.11 Å². The smallest absolute Gasteiger partial charge is 0.380 e. The Balaban J connectivity index is 1.91. The van der Waals surface area contributed by atoms with Crippen LogP contribution in [0.5, 0.6) is 0 Å². The minimum Gasteiger partial charge on any atom is -0.380 e. The predicted molar refractivity (Wildman–Crippen MR) is 67.5 cm³/mol. The van der Waals surface area contributed by atoms with Crippen molar-refractivity contribution in [3.8, 4) is 0 Å². The van der Waals surface area contributed by atoms with Gasteiger partial charge in [-0.15, -0.1) is 11.3 Å². The molecule has 1 aromatic rings. The number of halogens is 4. The Morgan fingerprint density at radius 1 is 1.33 bits per heavy atom. The van der Waals surface area contributed by atoms with E-state index in [4.69, 9.17) is 0 Å². The predicted octanol–water partition coefficient (Wildman–Crippen LogP) is 3.40. The van der Waals surface area contributed by atoms with E-state index >= 15 is 0 Å². The van der Waals surface area contributed by atoms with Crippen molar-refractivity contribution in [3.05, 3.63) is 20.8 Å². The van der Waals surface area contributed by atoms with Gasteiger partial charge in [-0.05, 0) is 40.9 Å². The van der Waals surface area contributed by atoms with Gasteiger partial charge in [0.1, 0.15) is 0 Å². The Hall–Kier alpha value is -0.110. The molecular formula is C11H13BrF3NOS. The highest BCUT2D eigenvalue weighted by Crippen LogP contribution is 2.38. The van der Waals surface area contributed by atoms with Crippen LogP contribution in [0.4, 0.5) is 13.2 Å². The van der Waals surface area contributed by atoms with Crippen LogP contribution in [0.25, 0.3) is 0 Å². The van der Waals surface area contributed by atoms with Crippen LogP contribution >= 0.6 is 27.3 Å². The number of rotatable bonds is 2. The van der Waals surface area contributed by atoms with Gasteiger partial charge in [0, 0.05) is 24.5 Å². The fourth-order valence-electron chi connectivity index (χ4n) is 2.02. The highest BCUT2D eigenvalue weighted by Gasteiger charge is 2.54. The minimum absolute atomic E-state index is 0.247. The van der Waals surface area contributed by atoms with Gasteiger partial charge >= 0.3 is 6.18 Å². The zero-order valence-corrected chi connectivity index (χ0v) is 11.9. The summed E-state index contributed by atoms with van der Waals surface area (Å²) in [5.41, 5.74) is -2.50. The quantitative estimate of drug-likeness (QED) is 0.889. The highest BCUT2D eigenvalue weighted by atomic mass is 79.9. The monoisotopic (exact) mass is 343 g/mol. The van der Waals surface area contributed by atoms with Gasteiger partial charge in [-0.25, -0.2) is 0 Å². The minimum atomic E-state index is -4.52. The van der Waals surface area contributed by atoms with Crippen molar-refractivity contribution in [3.63, 3.8) is 0 Å². The summed E-state index contributed by atoms with van der Waals surface area (Å²) in [4.78, 5) is 3.05. The average molecular weight is 344 g/mol. The molecule has 2 heterocycles. The third-order valence-electron chi connectivity index (χ3n) is 3.22. The summed E-state index contributed by atoms with van der Waals surface area (Å²) >= 11 is 4.93. The van der Waals surface area contributed by atoms with Crippen molar-refractivity contribution in [2.24, 2.45) is 0 Å². The molecule has 0 aliphatic carbocycles. The average Bonchev–Trinajstić information content (AvgIpc) is 2.66. The standard InChI is InChI=1S/C11H13BrF3NOS/c12-9-2-1-8(18-9)7-16-5-3-10(17,4-6-16)11(13,14)15/h1-2,17H,3-7H2. The van der Waals surface area contributed by atoms with Crippen LogP contribution < -0.4 is 0 Å². The topological polar surface area (TPSA) is 23.5 Å². The number of aliphatic hydroxyl groups is 1. The molecule has 1 fully saturated rings. The molecule has 0 saturated carbocycles. The molecule has 0 spiro atoms. The molecule has 102 valence electrons. The number of nitrogens with zero attached hydrogens (tertiary/aromatic N) is 1. The molecule has 7 heteroatoms. The van der Waals surface area contributed by atoms with E-state index in [1.165, 1.54) is 0 Å². The summed E-state index contributed by atoms with van der Waals surface area (Å²) in [7, 11) is 0. The largest absolute Gasteiger partial charge is 0.417 e. The molecule has 1 N–H and O–H groups in total. The van der Waals surface area contributed by atoms with Gasteiger partial charge in [-0.1, -0.05) is 0 Å². The second-order valence-corrected chi connectivity index (χ2v) is 7.06. The molecule has 0 atom stereocenters. The second-order valence-electron chi connectivity index (χ2n) is 4.51. The van der Waals surface area contributed by atoms with E-state index in [0.717, 1.165) is 8.66 Å². The summed E-state index contributed by atoms with van der Waals surface area (Å²) in [5.74, 6) is 0. The summed E-state index contributed by atoms with van der Waals surface area (Å²) in [5, 5.41) is 9.54. The number of thiophene rings is 1. The van der Waals surface area contributed by atoms with Crippen molar-refractivity contribution in [2.45, 2.75) is 31.2 Å². The molecule has 0 aromatic carbocycles. The summed E-state index contributed by atoms with van der Waals surface area (Å²) in [6, 6.07) is 3.88. The molecule has 0 bridgehead atoms. The highest BCUT2D eigenvalue weighted by molar-refractivity contribution is 9.11. The molecule has 1 aliphatic rings. The molecule has 2 rings (SSSR count). The number of alkyl halides is 3. The van der Waals surface area contributed by atoms with Crippen molar-refractivity contribution in [1.29, 1.82) is 0 Å². The van der Waals surface area contributed by atoms with E-state index in [9.17, 15) is 18.3 Å². The number of piperidine rings is 1. The lowest BCUT2D eigenvalue weighted by atomic mass is 9.91. The first-order chi connectivity index (χ1) is 8.30. The fraction of sp³-hybridized carbons (Fsp3) is 0.636. The molecule has 0 amide bonds. The zero-order chi connectivity index (χ0) is 13.4. The molecule has 2 nitrogen and oxygen atoms in total. The Bertz CT molecular complexity index is 413. The number of likely N-dealkylation sites (tertiary alicyclic amines) is 1. The fourth-order valence-corrected chi connectivity index (χ4v) is 3.55. The van der Waals surface area contributed by atoms with E-state index in [2.05, 4.69) is 15.9 Å². The van der Waals surface area contributed by atoms with Gasteiger partial charge in [0.05, 0.1) is 3.79 Å². The Morgan fingerprint density at radius 3 is 2.39 bits per heavy atom.